The van der Waals surface area contributed by atoms with E-state index in [4.69, 9.17) is 0 Å². The smallest absolute Gasteiger partial charge is 0.323 e. The lowest BCUT2D eigenvalue weighted by Gasteiger charge is -2.36. The van der Waals surface area contributed by atoms with Crippen molar-refractivity contribution in [1.29, 1.82) is 0 Å². The van der Waals surface area contributed by atoms with Gasteiger partial charge in [0.2, 0.25) is 5.91 Å². The molecule has 29 heavy (non-hydrogen) atoms. The van der Waals surface area contributed by atoms with Crippen LogP contribution in [0.1, 0.15) is 37.8 Å². The summed E-state index contributed by atoms with van der Waals surface area (Å²) < 4.78 is 0. The Labute approximate surface area is 171 Å². The summed E-state index contributed by atoms with van der Waals surface area (Å²) in [4.78, 5) is 26.2. The Morgan fingerprint density at radius 3 is 2.41 bits per heavy atom. The van der Waals surface area contributed by atoms with Gasteiger partial charge < -0.3 is 16.0 Å². The normalized spacial score (nSPS) is 18.1. The lowest BCUT2D eigenvalue weighted by molar-refractivity contribution is -0.115. The van der Waals surface area contributed by atoms with E-state index in [1.54, 1.807) is 6.07 Å². The Balaban J connectivity index is 1.29. The van der Waals surface area contributed by atoms with Crippen LogP contribution in [0.4, 0.5) is 21.9 Å². The van der Waals surface area contributed by atoms with Gasteiger partial charge in [0.15, 0.2) is 0 Å². The summed E-state index contributed by atoms with van der Waals surface area (Å²) in [6.45, 7) is 7.90. The van der Waals surface area contributed by atoms with Crippen molar-refractivity contribution in [1.82, 2.24) is 4.90 Å². The van der Waals surface area contributed by atoms with E-state index in [-0.39, 0.29) is 11.9 Å². The van der Waals surface area contributed by atoms with E-state index in [1.807, 2.05) is 24.3 Å². The number of hydrogen-bond acceptors (Lipinski definition) is 3. The molecular weight excluding hydrogens is 364 g/mol. The van der Waals surface area contributed by atoms with E-state index in [9.17, 15) is 9.59 Å². The van der Waals surface area contributed by atoms with Gasteiger partial charge in [0.05, 0.1) is 6.42 Å². The third-order valence-electron chi connectivity index (χ3n) is 5.82. The van der Waals surface area contributed by atoms with Gasteiger partial charge in [-0.3, -0.25) is 9.69 Å². The molecule has 2 aliphatic heterocycles. The first-order chi connectivity index (χ1) is 13.9. The number of fused-ring (bicyclic) bond motifs is 1. The second-order valence-corrected chi connectivity index (χ2v) is 8.81. The highest BCUT2D eigenvalue weighted by Crippen LogP contribution is 2.30. The molecule has 0 aliphatic carbocycles. The summed E-state index contributed by atoms with van der Waals surface area (Å²) >= 11 is 0. The fourth-order valence-corrected chi connectivity index (χ4v) is 3.85. The molecule has 0 bridgehead atoms. The van der Waals surface area contributed by atoms with Crippen molar-refractivity contribution in [3.63, 3.8) is 0 Å². The highest BCUT2D eigenvalue weighted by molar-refractivity contribution is 6.02. The number of piperidine rings is 1. The molecule has 1 fully saturated rings. The SMILES string of the molecule is CC1(C)CCN(Cc2ccc(NC(=O)Nc3ccc4c(c3)NC(=O)C4)cc2)CC1. The minimum atomic E-state index is -0.305. The van der Waals surface area contributed by atoms with E-state index in [1.165, 1.54) is 18.4 Å². The number of benzene rings is 2. The molecule has 0 spiro atoms. The van der Waals surface area contributed by atoms with Crippen LogP contribution < -0.4 is 16.0 Å². The van der Waals surface area contributed by atoms with Crippen molar-refractivity contribution >= 4 is 29.0 Å². The van der Waals surface area contributed by atoms with Crippen molar-refractivity contribution in [2.45, 2.75) is 39.7 Å². The number of carbonyl (C=O) groups excluding carboxylic acids is 2. The van der Waals surface area contributed by atoms with Gasteiger partial charge in [-0.05, 0) is 66.7 Å². The van der Waals surface area contributed by atoms with Gasteiger partial charge in [-0.1, -0.05) is 32.0 Å². The van der Waals surface area contributed by atoms with Gasteiger partial charge >= 0.3 is 6.03 Å². The molecule has 0 radical (unpaired) electrons. The molecule has 152 valence electrons. The highest BCUT2D eigenvalue weighted by atomic mass is 16.2. The number of rotatable bonds is 4. The Kier molecular flexibility index (Phi) is 5.28. The molecule has 4 rings (SSSR count). The number of likely N-dealkylation sites (tertiary alicyclic amines) is 1. The lowest BCUT2D eigenvalue weighted by Crippen LogP contribution is -2.36. The number of carbonyl (C=O) groups is 2. The van der Waals surface area contributed by atoms with Crippen LogP contribution in [0.5, 0.6) is 0 Å². The first-order valence-electron chi connectivity index (χ1n) is 10.2. The molecule has 2 aliphatic rings. The third-order valence-corrected chi connectivity index (χ3v) is 5.82. The number of nitrogens with zero attached hydrogens (tertiary/aromatic N) is 1. The van der Waals surface area contributed by atoms with E-state index < -0.39 is 0 Å². The molecule has 0 aromatic heterocycles. The molecule has 3 amide bonds. The van der Waals surface area contributed by atoms with Crippen molar-refractivity contribution in [3.8, 4) is 0 Å². The minimum absolute atomic E-state index is 0.0186. The first kappa shape index (κ1) is 19.5. The minimum Gasteiger partial charge on any atom is -0.325 e. The average molecular weight is 393 g/mol. The quantitative estimate of drug-likeness (QED) is 0.720. The van der Waals surface area contributed by atoms with Crippen molar-refractivity contribution in [3.05, 3.63) is 53.6 Å². The predicted octanol–water partition coefficient (Wildman–Crippen LogP) is 4.45. The topological polar surface area (TPSA) is 73.5 Å². The van der Waals surface area contributed by atoms with Crippen LogP contribution in [0.25, 0.3) is 0 Å². The zero-order valence-corrected chi connectivity index (χ0v) is 17.0. The number of urea groups is 1. The molecule has 1 saturated heterocycles. The Morgan fingerprint density at radius 1 is 1.03 bits per heavy atom. The summed E-state index contributed by atoms with van der Waals surface area (Å²) in [7, 11) is 0. The number of hydrogen-bond donors (Lipinski definition) is 3. The molecule has 0 atom stereocenters. The Bertz CT molecular complexity index is 911. The van der Waals surface area contributed by atoms with Crippen LogP contribution in [0.15, 0.2) is 42.5 Å². The number of nitrogens with one attached hydrogen (secondary N) is 3. The summed E-state index contributed by atoms with van der Waals surface area (Å²) in [6.07, 6.45) is 2.86. The predicted molar refractivity (Wildman–Crippen MR) is 116 cm³/mol. The molecule has 0 saturated carbocycles. The fourth-order valence-electron chi connectivity index (χ4n) is 3.85. The number of amides is 3. The van der Waals surface area contributed by atoms with Gasteiger partial charge in [0.1, 0.15) is 0 Å². The molecule has 3 N–H and O–H groups in total. The van der Waals surface area contributed by atoms with Crippen LogP contribution in [-0.4, -0.2) is 29.9 Å². The monoisotopic (exact) mass is 392 g/mol. The van der Waals surface area contributed by atoms with Crippen LogP contribution >= 0.6 is 0 Å². The average Bonchev–Trinajstić information content (AvgIpc) is 3.04. The molecule has 6 nitrogen and oxygen atoms in total. The van der Waals surface area contributed by atoms with Crippen LogP contribution in [0, 0.1) is 5.41 Å². The summed E-state index contributed by atoms with van der Waals surface area (Å²) in [6, 6.07) is 13.2. The summed E-state index contributed by atoms with van der Waals surface area (Å²) in [5.41, 5.74) is 4.83. The standard InChI is InChI=1S/C23H28N4O2/c1-23(2)9-11-27(12-10-23)15-16-3-6-18(7-4-16)24-22(29)25-19-8-5-17-13-21(28)26-20(17)14-19/h3-8,14H,9-13,15H2,1-2H3,(H,26,28)(H2,24,25,29). The second-order valence-electron chi connectivity index (χ2n) is 8.81. The zero-order chi connectivity index (χ0) is 20.4. The summed E-state index contributed by atoms with van der Waals surface area (Å²) in [5.74, 6) is -0.0186. The van der Waals surface area contributed by atoms with E-state index in [2.05, 4.69) is 46.8 Å². The second kappa shape index (κ2) is 7.87. The largest absolute Gasteiger partial charge is 0.325 e. The summed E-state index contributed by atoms with van der Waals surface area (Å²) in [5, 5.41) is 8.46. The van der Waals surface area contributed by atoms with Gasteiger partial charge in [-0.15, -0.1) is 0 Å². The Hall–Kier alpha value is -2.86. The maximum atomic E-state index is 12.3. The highest BCUT2D eigenvalue weighted by Gasteiger charge is 2.25. The van der Waals surface area contributed by atoms with Crippen LogP contribution in [-0.2, 0) is 17.8 Å². The first-order valence-corrected chi connectivity index (χ1v) is 10.2. The molecule has 2 aromatic rings. The lowest BCUT2D eigenvalue weighted by atomic mass is 9.82. The molecule has 0 unspecified atom stereocenters. The fraction of sp³-hybridized carbons (Fsp3) is 0.391. The van der Waals surface area contributed by atoms with Gasteiger partial charge in [-0.2, -0.15) is 0 Å². The van der Waals surface area contributed by atoms with Crippen LogP contribution in [0.3, 0.4) is 0 Å². The molecular formula is C23H28N4O2. The van der Waals surface area contributed by atoms with E-state index in [0.717, 1.165) is 36.6 Å². The maximum Gasteiger partial charge on any atom is 0.323 e. The van der Waals surface area contributed by atoms with Crippen molar-refractivity contribution in [2.75, 3.05) is 29.0 Å². The molecule has 2 aromatic carbocycles. The maximum absolute atomic E-state index is 12.3. The molecule has 2 heterocycles. The van der Waals surface area contributed by atoms with E-state index in [0.29, 0.717) is 17.5 Å². The third kappa shape index (κ3) is 4.95. The van der Waals surface area contributed by atoms with Crippen molar-refractivity contribution in [2.24, 2.45) is 5.41 Å². The molecule has 6 heteroatoms. The van der Waals surface area contributed by atoms with Crippen LogP contribution in [0.2, 0.25) is 0 Å². The zero-order valence-electron chi connectivity index (χ0n) is 17.0. The van der Waals surface area contributed by atoms with Crippen molar-refractivity contribution < 1.29 is 9.59 Å². The Morgan fingerprint density at radius 2 is 1.69 bits per heavy atom. The van der Waals surface area contributed by atoms with Gasteiger partial charge in [0, 0.05) is 23.6 Å². The van der Waals surface area contributed by atoms with Gasteiger partial charge in [-0.25, -0.2) is 4.79 Å². The number of anilines is 3. The van der Waals surface area contributed by atoms with E-state index >= 15 is 0 Å². The van der Waals surface area contributed by atoms with Gasteiger partial charge in [0.25, 0.3) is 0 Å².